The molecule has 0 rings (SSSR count). The van der Waals surface area contributed by atoms with Gasteiger partial charge in [0.15, 0.2) is 0 Å². The third kappa shape index (κ3) is 7.34. The van der Waals surface area contributed by atoms with Gasteiger partial charge in [-0.3, -0.25) is 0 Å². The first-order chi connectivity index (χ1) is 6.48. The Hall–Kier alpha value is -0.0800. The summed E-state index contributed by atoms with van der Waals surface area (Å²) in [4.78, 5) is 0. The van der Waals surface area contributed by atoms with E-state index in [2.05, 4.69) is 38.3 Å². The van der Waals surface area contributed by atoms with Crippen LogP contribution in [0.25, 0.3) is 0 Å². The van der Waals surface area contributed by atoms with Crippen LogP contribution in [0.4, 0.5) is 0 Å². The van der Waals surface area contributed by atoms with Crippen molar-refractivity contribution >= 4 is 0 Å². The molecule has 2 N–H and O–H groups in total. The number of hydrogen-bond acceptors (Lipinski definition) is 2. The summed E-state index contributed by atoms with van der Waals surface area (Å²) in [6, 6.07) is 0. The summed E-state index contributed by atoms with van der Waals surface area (Å²) in [7, 11) is 2.01. The van der Waals surface area contributed by atoms with Crippen LogP contribution in [0.2, 0.25) is 0 Å². The average Bonchev–Trinajstić information content (AvgIpc) is 2.09. The minimum absolute atomic E-state index is 0.429. The zero-order chi connectivity index (χ0) is 11.0. The molecule has 0 radical (unpaired) electrons. The summed E-state index contributed by atoms with van der Waals surface area (Å²) >= 11 is 0. The van der Waals surface area contributed by atoms with Gasteiger partial charge in [-0.1, -0.05) is 27.7 Å². The first kappa shape index (κ1) is 13.9. The molecule has 14 heavy (non-hydrogen) atoms. The van der Waals surface area contributed by atoms with E-state index in [9.17, 15) is 0 Å². The Morgan fingerprint density at radius 1 is 1.07 bits per heavy atom. The average molecular weight is 200 g/mol. The molecule has 2 nitrogen and oxygen atoms in total. The Balaban J connectivity index is 3.28. The van der Waals surface area contributed by atoms with E-state index >= 15 is 0 Å². The van der Waals surface area contributed by atoms with Crippen molar-refractivity contribution in [3.8, 4) is 0 Å². The fourth-order valence-corrected chi connectivity index (χ4v) is 1.18. The van der Waals surface area contributed by atoms with Gasteiger partial charge in [-0.05, 0) is 50.9 Å². The largest absolute Gasteiger partial charge is 0.320 e. The molecule has 0 bridgehead atoms. The molecule has 0 fully saturated rings. The third-order valence-corrected chi connectivity index (χ3v) is 2.96. The Bertz CT molecular complexity index is 127. The summed E-state index contributed by atoms with van der Waals surface area (Å²) in [5.41, 5.74) is 0.429. The highest BCUT2D eigenvalue weighted by Crippen LogP contribution is 2.24. The number of unbranched alkanes of at least 4 members (excludes halogenated alkanes) is 1. The van der Waals surface area contributed by atoms with Crippen molar-refractivity contribution in [1.29, 1.82) is 0 Å². The van der Waals surface area contributed by atoms with Gasteiger partial charge in [0.2, 0.25) is 0 Å². The van der Waals surface area contributed by atoms with E-state index in [4.69, 9.17) is 0 Å². The molecule has 0 aliphatic heterocycles. The molecular weight excluding hydrogens is 172 g/mol. The Morgan fingerprint density at radius 3 is 2.14 bits per heavy atom. The molecule has 0 heterocycles. The van der Waals surface area contributed by atoms with E-state index in [0.29, 0.717) is 5.41 Å². The maximum absolute atomic E-state index is 3.52. The van der Waals surface area contributed by atoms with Gasteiger partial charge < -0.3 is 10.6 Å². The molecular formula is C12H28N2. The molecule has 1 atom stereocenters. The highest BCUT2D eigenvalue weighted by molar-refractivity contribution is 4.71. The molecule has 0 aliphatic rings. The predicted molar refractivity (Wildman–Crippen MR) is 64.6 cm³/mol. The fraction of sp³-hybridized carbons (Fsp3) is 1.00. The normalized spacial score (nSPS) is 14.4. The van der Waals surface area contributed by atoms with E-state index in [-0.39, 0.29) is 0 Å². The molecule has 0 aliphatic carbocycles. The van der Waals surface area contributed by atoms with Crippen molar-refractivity contribution in [1.82, 2.24) is 10.6 Å². The van der Waals surface area contributed by atoms with Crippen molar-refractivity contribution in [2.75, 3.05) is 26.7 Å². The van der Waals surface area contributed by atoms with Gasteiger partial charge in [-0.25, -0.2) is 0 Å². The SMILES string of the molecule is CNCCCCNCC(C)C(C)(C)C. The third-order valence-electron chi connectivity index (χ3n) is 2.96. The first-order valence-electron chi connectivity index (χ1n) is 5.83. The summed E-state index contributed by atoms with van der Waals surface area (Å²) in [6.45, 7) is 12.7. The highest BCUT2D eigenvalue weighted by atomic mass is 14.9. The number of nitrogens with one attached hydrogen (secondary N) is 2. The second-order valence-corrected chi connectivity index (χ2v) is 5.28. The van der Waals surface area contributed by atoms with Gasteiger partial charge in [0, 0.05) is 0 Å². The summed E-state index contributed by atoms with van der Waals surface area (Å²) in [6.07, 6.45) is 2.55. The lowest BCUT2D eigenvalue weighted by Gasteiger charge is -2.27. The van der Waals surface area contributed by atoms with Crippen molar-refractivity contribution in [3.05, 3.63) is 0 Å². The summed E-state index contributed by atoms with van der Waals surface area (Å²) < 4.78 is 0. The molecule has 1 unspecified atom stereocenters. The molecule has 0 spiro atoms. The Kier molecular flexibility index (Phi) is 7.20. The quantitative estimate of drug-likeness (QED) is 0.616. The molecule has 2 heteroatoms. The summed E-state index contributed by atoms with van der Waals surface area (Å²) in [5.74, 6) is 0.742. The van der Waals surface area contributed by atoms with E-state index in [1.54, 1.807) is 0 Å². The molecule has 86 valence electrons. The van der Waals surface area contributed by atoms with Gasteiger partial charge >= 0.3 is 0 Å². The van der Waals surface area contributed by atoms with Gasteiger partial charge in [0.05, 0.1) is 0 Å². The van der Waals surface area contributed by atoms with Crippen molar-refractivity contribution in [2.45, 2.75) is 40.5 Å². The van der Waals surface area contributed by atoms with Crippen LogP contribution in [0, 0.1) is 11.3 Å². The summed E-state index contributed by atoms with van der Waals surface area (Å²) in [5, 5.41) is 6.69. The molecule has 0 aromatic heterocycles. The molecule has 0 saturated carbocycles. The standard InChI is InChI=1S/C12H28N2/c1-11(12(2,3)4)10-14-9-7-6-8-13-5/h11,13-14H,6-10H2,1-5H3. The predicted octanol–water partition coefficient (Wildman–Crippen LogP) is 2.26. The van der Waals surface area contributed by atoms with Crippen LogP contribution in [0.5, 0.6) is 0 Å². The number of rotatable bonds is 7. The van der Waals surface area contributed by atoms with E-state index < -0.39 is 0 Å². The smallest absolute Gasteiger partial charge is 0.00182 e. The van der Waals surface area contributed by atoms with Gasteiger partial charge in [-0.2, -0.15) is 0 Å². The Morgan fingerprint density at radius 2 is 1.64 bits per heavy atom. The lowest BCUT2D eigenvalue weighted by molar-refractivity contribution is 0.253. The van der Waals surface area contributed by atoms with Crippen LogP contribution >= 0.6 is 0 Å². The maximum Gasteiger partial charge on any atom is -0.00182 e. The zero-order valence-corrected chi connectivity index (χ0v) is 10.6. The van der Waals surface area contributed by atoms with Gasteiger partial charge in [-0.15, -0.1) is 0 Å². The second-order valence-electron chi connectivity index (χ2n) is 5.28. The van der Waals surface area contributed by atoms with Crippen molar-refractivity contribution in [3.63, 3.8) is 0 Å². The van der Waals surface area contributed by atoms with Gasteiger partial charge in [0.1, 0.15) is 0 Å². The monoisotopic (exact) mass is 200 g/mol. The van der Waals surface area contributed by atoms with Gasteiger partial charge in [0.25, 0.3) is 0 Å². The molecule has 0 saturated heterocycles. The van der Waals surface area contributed by atoms with E-state index in [0.717, 1.165) is 25.6 Å². The van der Waals surface area contributed by atoms with Crippen LogP contribution in [0.1, 0.15) is 40.5 Å². The van der Waals surface area contributed by atoms with Crippen LogP contribution in [0.3, 0.4) is 0 Å². The van der Waals surface area contributed by atoms with Crippen LogP contribution < -0.4 is 10.6 Å². The lowest BCUT2D eigenvalue weighted by Crippen LogP contribution is -2.30. The van der Waals surface area contributed by atoms with E-state index in [1.807, 2.05) is 7.05 Å². The minimum Gasteiger partial charge on any atom is -0.320 e. The van der Waals surface area contributed by atoms with Crippen LogP contribution in [-0.4, -0.2) is 26.7 Å². The van der Waals surface area contributed by atoms with Crippen LogP contribution in [-0.2, 0) is 0 Å². The minimum atomic E-state index is 0.429. The van der Waals surface area contributed by atoms with Crippen molar-refractivity contribution < 1.29 is 0 Å². The van der Waals surface area contributed by atoms with Crippen molar-refractivity contribution in [2.24, 2.45) is 11.3 Å². The van der Waals surface area contributed by atoms with Crippen LogP contribution in [0.15, 0.2) is 0 Å². The topological polar surface area (TPSA) is 24.1 Å². The first-order valence-corrected chi connectivity index (χ1v) is 5.83. The molecule has 0 amide bonds. The zero-order valence-electron chi connectivity index (χ0n) is 10.6. The number of hydrogen-bond donors (Lipinski definition) is 2. The second kappa shape index (κ2) is 7.24. The lowest BCUT2D eigenvalue weighted by atomic mass is 9.82. The molecule has 0 aromatic rings. The molecule has 0 aromatic carbocycles. The highest BCUT2D eigenvalue weighted by Gasteiger charge is 2.18. The van der Waals surface area contributed by atoms with E-state index in [1.165, 1.54) is 12.8 Å². The Labute approximate surface area is 89.9 Å². The maximum atomic E-state index is 3.52. The fourth-order valence-electron chi connectivity index (χ4n) is 1.18.